The summed E-state index contributed by atoms with van der Waals surface area (Å²) in [7, 11) is 0. The van der Waals surface area contributed by atoms with Crippen molar-refractivity contribution in [3.63, 3.8) is 0 Å². The molecule has 1 aromatic carbocycles. The van der Waals surface area contributed by atoms with Crippen LogP contribution in [0.1, 0.15) is 30.7 Å². The van der Waals surface area contributed by atoms with E-state index < -0.39 is 12.7 Å². The molecule has 122 valence electrons. The van der Waals surface area contributed by atoms with Crippen LogP contribution >= 0.6 is 11.6 Å². The average molecular weight is 343 g/mol. The van der Waals surface area contributed by atoms with Gasteiger partial charge in [-0.1, -0.05) is 18.0 Å². The van der Waals surface area contributed by atoms with Gasteiger partial charge in [0.25, 0.3) is 0 Å². The number of benzene rings is 1. The van der Waals surface area contributed by atoms with E-state index in [9.17, 15) is 18.0 Å². The van der Waals surface area contributed by atoms with Crippen LogP contribution in [0.2, 0.25) is 5.02 Å². The van der Waals surface area contributed by atoms with Crippen LogP contribution in [0.3, 0.4) is 0 Å². The fourth-order valence-corrected chi connectivity index (χ4v) is 4.48. The molecule has 0 amide bonds. The highest BCUT2D eigenvalue weighted by atomic mass is 35.5. The van der Waals surface area contributed by atoms with Crippen LogP contribution in [0.25, 0.3) is 10.9 Å². The molecular weight excluding hydrogens is 329 g/mol. The number of aromatic nitrogens is 1. The van der Waals surface area contributed by atoms with Gasteiger partial charge in [-0.05, 0) is 30.5 Å². The molecule has 2 aliphatic rings. The average Bonchev–Trinajstić information content (AvgIpc) is 3.00. The second kappa shape index (κ2) is 4.90. The van der Waals surface area contributed by atoms with Crippen LogP contribution in [-0.4, -0.2) is 23.7 Å². The van der Waals surface area contributed by atoms with Gasteiger partial charge in [-0.15, -0.1) is 0 Å². The molecule has 7 heteroatoms. The Morgan fingerprint density at radius 2 is 2.09 bits per heavy atom. The fourth-order valence-electron chi connectivity index (χ4n) is 4.18. The van der Waals surface area contributed by atoms with Crippen LogP contribution < -0.4 is 10.5 Å². The predicted molar refractivity (Wildman–Crippen MR) is 83.4 cm³/mol. The van der Waals surface area contributed by atoms with E-state index in [0.29, 0.717) is 21.6 Å². The Balaban J connectivity index is 1.96. The third-order valence-electron chi connectivity index (χ3n) is 4.89. The van der Waals surface area contributed by atoms with Crippen molar-refractivity contribution in [1.29, 1.82) is 0 Å². The Labute approximate surface area is 135 Å². The second-order valence-electron chi connectivity index (χ2n) is 6.25. The SMILES string of the molecule is O=c1cc(Cl)c2c3c(ccc2[nH]1)N(CC(F)(F)F)C1CCC[C@H]31. The van der Waals surface area contributed by atoms with Gasteiger partial charge in [0.2, 0.25) is 5.56 Å². The summed E-state index contributed by atoms with van der Waals surface area (Å²) in [5, 5.41) is 0.991. The number of hydrogen-bond donors (Lipinski definition) is 1. The molecule has 0 bridgehead atoms. The van der Waals surface area contributed by atoms with Crippen LogP contribution in [0.15, 0.2) is 23.0 Å². The summed E-state index contributed by atoms with van der Waals surface area (Å²) in [6.07, 6.45) is -1.75. The van der Waals surface area contributed by atoms with Crippen molar-refractivity contribution in [2.24, 2.45) is 0 Å². The van der Waals surface area contributed by atoms with Crippen LogP contribution in [0.5, 0.6) is 0 Å². The predicted octanol–water partition coefficient (Wildman–Crippen LogP) is 4.20. The summed E-state index contributed by atoms with van der Waals surface area (Å²) < 4.78 is 39.0. The number of nitrogens with zero attached hydrogens (tertiary/aromatic N) is 1. The number of rotatable bonds is 1. The molecule has 1 unspecified atom stereocenters. The van der Waals surface area contributed by atoms with Crippen molar-refractivity contribution in [1.82, 2.24) is 4.98 Å². The van der Waals surface area contributed by atoms with Gasteiger partial charge < -0.3 is 9.88 Å². The van der Waals surface area contributed by atoms with E-state index in [0.717, 1.165) is 24.8 Å². The first-order valence-corrected chi connectivity index (χ1v) is 7.92. The molecule has 1 fully saturated rings. The minimum atomic E-state index is -4.25. The lowest BCUT2D eigenvalue weighted by atomic mass is 9.94. The Morgan fingerprint density at radius 1 is 1.30 bits per heavy atom. The van der Waals surface area contributed by atoms with Gasteiger partial charge in [0.05, 0.1) is 10.5 Å². The topological polar surface area (TPSA) is 36.1 Å². The van der Waals surface area contributed by atoms with E-state index in [1.807, 2.05) is 0 Å². The molecule has 23 heavy (non-hydrogen) atoms. The molecule has 1 N–H and O–H groups in total. The number of fused-ring (bicyclic) bond motifs is 5. The lowest BCUT2D eigenvalue weighted by Gasteiger charge is -2.27. The van der Waals surface area contributed by atoms with Crippen molar-refractivity contribution in [2.75, 3.05) is 11.4 Å². The Morgan fingerprint density at radius 3 is 2.83 bits per heavy atom. The minimum Gasteiger partial charge on any atom is -0.359 e. The number of alkyl halides is 3. The third-order valence-corrected chi connectivity index (χ3v) is 5.18. The first-order valence-electron chi connectivity index (χ1n) is 7.54. The van der Waals surface area contributed by atoms with Crippen LogP contribution in [-0.2, 0) is 0 Å². The first-order chi connectivity index (χ1) is 10.8. The molecule has 2 aromatic rings. The zero-order valence-electron chi connectivity index (χ0n) is 12.1. The maximum Gasteiger partial charge on any atom is 0.405 e. The number of aromatic amines is 1. The number of pyridine rings is 1. The minimum absolute atomic E-state index is 0.0412. The quantitative estimate of drug-likeness (QED) is 0.843. The highest BCUT2D eigenvalue weighted by molar-refractivity contribution is 6.35. The molecule has 0 radical (unpaired) electrons. The molecule has 0 saturated heterocycles. The number of nitrogens with one attached hydrogen (secondary N) is 1. The molecule has 0 spiro atoms. The summed E-state index contributed by atoms with van der Waals surface area (Å²) in [6.45, 7) is -0.951. The Bertz CT molecular complexity index is 846. The normalized spacial score (nSPS) is 23.4. The van der Waals surface area contributed by atoms with Gasteiger partial charge >= 0.3 is 6.18 Å². The molecule has 1 aromatic heterocycles. The van der Waals surface area contributed by atoms with Gasteiger partial charge in [-0.25, -0.2) is 0 Å². The third kappa shape index (κ3) is 2.31. The van der Waals surface area contributed by atoms with E-state index >= 15 is 0 Å². The number of anilines is 1. The van der Waals surface area contributed by atoms with E-state index in [-0.39, 0.29) is 17.5 Å². The van der Waals surface area contributed by atoms with E-state index in [1.165, 1.54) is 11.0 Å². The fraction of sp³-hybridized carbons (Fsp3) is 0.438. The summed E-state index contributed by atoms with van der Waals surface area (Å²) >= 11 is 6.26. The Hall–Kier alpha value is -1.69. The highest BCUT2D eigenvalue weighted by Crippen LogP contribution is 2.52. The van der Waals surface area contributed by atoms with Crippen molar-refractivity contribution < 1.29 is 13.2 Å². The van der Waals surface area contributed by atoms with Gasteiger partial charge in [0, 0.05) is 29.1 Å². The molecule has 2 heterocycles. The van der Waals surface area contributed by atoms with Crippen molar-refractivity contribution in [2.45, 2.75) is 37.4 Å². The zero-order chi connectivity index (χ0) is 16.4. The summed E-state index contributed by atoms with van der Waals surface area (Å²) in [5.41, 5.74) is 1.73. The number of halogens is 4. The molecule has 3 nitrogen and oxygen atoms in total. The maximum absolute atomic E-state index is 13.0. The van der Waals surface area contributed by atoms with Crippen LogP contribution in [0, 0.1) is 0 Å². The van der Waals surface area contributed by atoms with Gasteiger partial charge in [-0.3, -0.25) is 4.79 Å². The largest absolute Gasteiger partial charge is 0.405 e. The zero-order valence-corrected chi connectivity index (χ0v) is 12.8. The lowest BCUT2D eigenvalue weighted by molar-refractivity contribution is -0.120. The van der Waals surface area contributed by atoms with Gasteiger partial charge in [0.15, 0.2) is 0 Å². The number of hydrogen-bond acceptors (Lipinski definition) is 2. The highest BCUT2D eigenvalue weighted by Gasteiger charge is 2.46. The molecule has 2 atom stereocenters. The molecular formula is C16H14ClF3N2O. The lowest BCUT2D eigenvalue weighted by Crippen LogP contribution is -2.39. The summed E-state index contributed by atoms with van der Waals surface area (Å²) in [4.78, 5) is 15.8. The molecule has 4 rings (SSSR count). The molecule has 1 aliphatic heterocycles. The van der Waals surface area contributed by atoms with Gasteiger partial charge in [-0.2, -0.15) is 13.2 Å². The van der Waals surface area contributed by atoms with Crippen molar-refractivity contribution >= 4 is 28.2 Å². The standard InChI is InChI=1S/C16H14ClF3N2O/c17-9-6-13(23)21-10-4-5-12-14(15(9)10)8-2-1-3-11(8)22(12)7-16(18,19)20/h4-6,8,11H,1-3,7H2,(H,21,23)/t8-,11?/m0/s1. The number of H-pyrrole nitrogens is 1. The van der Waals surface area contributed by atoms with E-state index in [2.05, 4.69) is 4.98 Å². The van der Waals surface area contributed by atoms with E-state index in [4.69, 9.17) is 11.6 Å². The second-order valence-corrected chi connectivity index (χ2v) is 6.66. The van der Waals surface area contributed by atoms with E-state index in [1.54, 1.807) is 12.1 Å². The summed E-state index contributed by atoms with van der Waals surface area (Å²) in [5.74, 6) is 0.0412. The van der Waals surface area contributed by atoms with Gasteiger partial charge in [0.1, 0.15) is 6.54 Å². The first kappa shape index (κ1) is 14.9. The smallest absolute Gasteiger partial charge is 0.359 e. The van der Waals surface area contributed by atoms with Crippen molar-refractivity contribution in [3.05, 3.63) is 39.1 Å². The van der Waals surface area contributed by atoms with Crippen LogP contribution in [0.4, 0.5) is 18.9 Å². The molecule has 1 saturated carbocycles. The molecule has 1 aliphatic carbocycles. The monoisotopic (exact) mass is 342 g/mol. The maximum atomic E-state index is 13.0. The van der Waals surface area contributed by atoms with Crippen molar-refractivity contribution in [3.8, 4) is 0 Å². The Kier molecular flexibility index (Phi) is 3.17. The summed E-state index contributed by atoms with van der Waals surface area (Å²) in [6, 6.07) is 4.47.